The molecule has 2 amide bonds. The van der Waals surface area contributed by atoms with Crippen LogP contribution in [0.5, 0.6) is 0 Å². The average Bonchev–Trinajstić information content (AvgIpc) is 3.03. The van der Waals surface area contributed by atoms with E-state index in [0.29, 0.717) is 18.8 Å². The number of hydrogen-bond donors (Lipinski definition) is 2. The minimum absolute atomic E-state index is 0.0702. The summed E-state index contributed by atoms with van der Waals surface area (Å²) in [7, 11) is 1.47. The molecule has 0 atom stereocenters. The van der Waals surface area contributed by atoms with E-state index in [2.05, 4.69) is 15.5 Å². The number of benzene rings is 2. The SMILES string of the molecule is CN1CCN(Cc2ccc(NC(=O)Nc3ccc(B4OC(C)(C)C(C)(C)O4)cc3)cc2C(F)(F)F)CC1. The van der Waals surface area contributed by atoms with Gasteiger partial charge in [0, 0.05) is 44.1 Å². The van der Waals surface area contributed by atoms with Crippen molar-refractivity contribution >= 4 is 30.0 Å². The summed E-state index contributed by atoms with van der Waals surface area (Å²) in [4.78, 5) is 16.7. The van der Waals surface area contributed by atoms with Gasteiger partial charge < -0.3 is 24.8 Å². The van der Waals surface area contributed by atoms with E-state index in [-0.39, 0.29) is 17.8 Å². The second-order valence-corrected chi connectivity index (χ2v) is 10.7. The van der Waals surface area contributed by atoms with Gasteiger partial charge in [0.2, 0.25) is 0 Å². The molecule has 0 bridgehead atoms. The summed E-state index contributed by atoms with van der Waals surface area (Å²) in [6.07, 6.45) is -4.53. The minimum atomic E-state index is -4.53. The second-order valence-electron chi connectivity index (χ2n) is 10.7. The van der Waals surface area contributed by atoms with Gasteiger partial charge in [0.1, 0.15) is 0 Å². The van der Waals surface area contributed by atoms with Crippen LogP contribution in [0.25, 0.3) is 0 Å². The van der Waals surface area contributed by atoms with Gasteiger partial charge in [0.25, 0.3) is 0 Å². The number of anilines is 2. The Morgan fingerprint density at radius 1 is 0.919 bits per heavy atom. The van der Waals surface area contributed by atoms with Crippen molar-refractivity contribution in [2.45, 2.75) is 51.6 Å². The molecular formula is C26H34BF3N4O3. The number of halogens is 3. The summed E-state index contributed by atoms with van der Waals surface area (Å²) in [5.41, 5.74) is -0.123. The molecule has 2 aromatic carbocycles. The van der Waals surface area contributed by atoms with Crippen molar-refractivity contribution in [2.75, 3.05) is 43.9 Å². The van der Waals surface area contributed by atoms with Gasteiger partial charge in [-0.05, 0) is 70.0 Å². The molecule has 11 heteroatoms. The van der Waals surface area contributed by atoms with E-state index in [1.807, 2.05) is 39.6 Å². The molecule has 0 radical (unpaired) electrons. The fraction of sp³-hybridized carbons (Fsp3) is 0.500. The zero-order chi connectivity index (χ0) is 27.0. The Labute approximate surface area is 216 Å². The van der Waals surface area contributed by atoms with Crippen LogP contribution in [0.2, 0.25) is 0 Å². The Bertz CT molecular complexity index is 1100. The van der Waals surface area contributed by atoms with Crippen molar-refractivity contribution in [1.29, 1.82) is 0 Å². The quantitative estimate of drug-likeness (QED) is 0.575. The van der Waals surface area contributed by atoms with E-state index < -0.39 is 36.1 Å². The molecule has 4 rings (SSSR count). The zero-order valence-corrected chi connectivity index (χ0v) is 21.9. The molecule has 2 saturated heterocycles. The van der Waals surface area contributed by atoms with Crippen molar-refractivity contribution in [1.82, 2.24) is 9.80 Å². The van der Waals surface area contributed by atoms with Crippen LogP contribution in [-0.2, 0) is 22.0 Å². The number of carbonyl (C=O) groups excluding carboxylic acids is 1. The number of urea groups is 1. The first-order valence-corrected chi connectivity index (χ1v) is 12.4. The summed E-state index contributed by atoms with van der Waals surface area (Å²) in [5.74, 6) is 0. The van der Waals surface area contributed by atoms with Gasteiger partial charge in [-0.25, -0.2) is 4.79 Å². The van der Waals surface area contributed by atoms with Gasteiger partial charge in [-0.15, -0.1) is 0 Å². The van der Waals surface area contributed by atoms with Crippen LogP contribution < -0.4 is 16.1 Å². The number of piperazine rings is 1. The van der Waals surface area contributed by atoms with Gasteiger partial charge in [-0.3, -0.25) is 4.90 Å². The Morgan fingerprint density at radius 3 is 2.03 bits per heavy atom. The maximum absolute atomic E-state index is 13.8. The molecule has 200 valence electrons. The smallest absolute Gasteiger partial charge is 0.399 e. The number of likely N-dealkylation sites (N-methyl/N-ethyl adjacent to an activating group) is 1. The van der Waals surface area contributed by atoms with Gasteiger partial charge in [0.05, 0.1) is 16.8 Å². The van der Waals surface area contributed by atoms with E-state index in [1.165, 1.54) is 12.1 Å². The number of alkyl halides is 3. The summed E-state index contributed by atoms with van der Waals surface area (Å²) in [6.45, 7) is 11.1. The fourth-order valence-corrected chi connectivity index (χ4v) is 4.30. The molecule has 2 aliphatic rings. The third kappa shape index (κ3) is 6.46. The Morgan fingerprint density at radius 2 is 1.46 bits per heavy atom. The molecule has 2 aromatic rings. The highest BCUT2D eigenvalue weighted by Gasteiger charge is 2.51. The van der Waals surface area contributed by atoms with Crippen LogP contribution in [0.1, 0.15) is 38.8 Å². The number of nitrogens with one attached hydrogen (secondary N) is 2. The third-order valence-electron chi connectivity index (χ3n) is 7.36. The Balaban J connectivity index is 1.39. The third-order valence-corrected chi connectivity index (χ3v) is 7.36. The van der Waals surface area contributed by atoms with Crippen molar-refractivity contribution in [3.8, 4) is 0 Å². The molecule has 0 aliphatic carbocycles. The number of rotatable bonds is 5. The van der Waals surface area contributed by atoms with E-state index >= 15 is 0 Å². The average molecular weight is 518 g/mol. The number of amides is 2. The molecule has 37 heavy (non-hydrogen) atoms. The van der Waals surface area contributed by atoms with E-state index in [0.717, 1.165) is 24.6 Å². The molecule has 0 spiro atoms. The lowest BCUT2D eigenvalue weighted by molar-refractivity contribution is -0.138. The molecular weight excluding hydrogens is 484 g/mol. The van der Waals surface area contributed by atoms with E-state index in [1.54, 1.807) is 24.3 Å². The lowest BCUT2D eigenvalue weighted by Gasteiger charge is -2.33. The van der Waals surface area contributed by atoms with Crippen molar-refractivity contribution < 1.29 is 27.3 Å². The maximum Gasteiger partial charge on any atom is 0.494 e. The lowest BCUT2D eigenvalue weighted by atomic mass is 9.79. The summed E-state index contributed by atoms with van der Waals surface area (Å²) >= 11 is 0. The van der Waals surface area contributed by atoms with Crippen LogP contribution in [-0.4, -0.2) is 67.4 Å². The molecule has 2 fully saturated rings. The van der Waals surface area contributed by atoms with Crippen LogP contribution in [0.3, 0.4) is 0 Å². The monoisotopic (exact) mass is 518 g/mol. The fourth-order valence-electron chi connectivity index (χ4n) is 4.30. The minimum Gasteiger partial charge on any atom is -0.399 e. The Hall–Kier alpha value is -2.60. The van der Waals surface area contributed by atoms with Crippen LogP contribution in [0.4, 0.5) is 29.3 Å². The molecule has 2 N–H and O–H groups in total. The molecule has 0 aromatic heterocycles. The maximum atomic E-state index is 13.8. The molecule has 2 heterocycles. The molecule has 0 unspecified atom stereocenters. The summed E-state index contributed by atoms with van der Waals surface area (Å²) in [5, 5.41) is 5.17. The van der Waals surface area contributed by atoms with E-state index in [4.69, 9.17) is 9.31 Å². The number of hydrogen-bond acceptors (Lipinski definition) is 5. The first-order chi connectivity index (χ1) is 17.2. The van der Waals surface area contributed by atoms with Gasteiger partial charge >= 0.3 is 19.3 Å². The van der Waals surface area contributed by atoms with Gasteiger partial charge in [-0.2, -0.15) is 13.2 Å². The highest BCUT2D eigenvalue weighted by molar-refractivity contribution is 6.62. The highest BCUT2D eigenvalue weighted by Crippen LogP contribution is 2.37. The second kappa shape index (κ2) is 10.3. The van der Waals surface area contributed by atoms with Gasteiger partial charge in [0.15, 0.2) is 0 Å². The van der Waals surface area contributed by atoms with E-state index in [9.17, 15) is 18.0 Å². The lowest BCUT2D eigenvalue weighted by Crippen LogP contribution is -2.44. The largest absolute Gasteiger partial charge is 0.494 e. The molecule has 0 saturated carbocycles. The normalized spacial score (nSPS) is 20.2. The van der Waals surface area contributed by atoms with Crippen molar-refractivity contribution in [3.63, 3.8) is 0 Å². The summed E-state index contributed by atoms with van der Waals surface area (Å²) in [6, 6.07) is 10.3. The van der Waals surface area contributed by atoms with Crippen LogP contribution >= 0.6 is 0 Å². The predicted molar refractivity (Wildman–Crippen MR) is 139 cm³/mol. The Kier molecular flexibility index (Phi) is 7.63. The standard InChI is InChI=1S/C26H34BF3N4O3/c1-24(2)25(3,4)37-27(36-24)19-7-10-20(11-8-19)31-23(35)32-21-9-6-18(22(16-21)26(28,29)30)17-34-14-12-33(5)13-15-34/h6-11,16H,12-15,17H2,1-5H3,(H2,31,32,35). The van der Waals surface area contributed by atoms with Crippen molar-refractivity contribution in [2.24, 2.45) is 0 Å². The first-order valence-electron chi connectivity index (χ1n) is 12.4. The predicted octanol–water partition coefficient (Wildman–Crippen LogP) is 4.40. The number of nitrogens with zero attached hydrogens (tertiary/aromatic N) is 2. The topological polar surface area (TPSA) is 66.1 Å². The highest BCUT2D eigenvalue weighted by atomic mass is 19.4. The van der Waals surface area contributed by atoms with Crippen molar-refractivity contribution in [3.05, 3.63) is 53.6 Å². The summed E-state index contributed by atoms with van der Waals surface area (Å²) < 4.78 is 53.5. The molecule has 7 nitrogen and oxygen atoms in total. The number of carbonyl (C=O) groups is 1. The first kappa shape index (κ1) is 27.4. The molecule has 2 aliphatic heterocycles. The zero-order valence-electron chi connectivity index (χ0n) is 21.9. The van der Waals surface area contributed by atoms with Crippen LogP contribution in [0, 0.1) is 0 Å². The van der Waals surface area contributed by atoms with Gasteiger partial charge in [-0.1, -0.05) is 18.2 Å². The van der Waals surface area contributed by atoms with Crippen LogP contribution in [0.15, 0.2) is 42.5 Å².